The van der Waals surface area contributed by atoms with E-state index in [1.165, 1.54) is 34.1 Å². The number of carbonyl (C=O) groups is 4. The topological polar surface area (TPSA) is 130 Å². The van der Waals surface area contributed by atoms with E-state index in [1.807, 2.05) is 6.07 Å². The Morgan fingerprint density at radius 2 is 1.81 bits per heavy atom. The van der Waals surface area contributed by atoms with E-state index in [2.05, 4.69) is 21.5 Å². The smallest absolute Gasteiger partial charge is 0.287 e. The molecule has 0 radical (unpaired) electrons. The second-order valence-corrected chi connectivity index (χ2v) is 6.99. The maximum absolute atomic E-state index is 12.0. The van der Waals surface area contributed by atoms with E-state index in [4.69, 9.17) is 4.42 Å². The summed E-state index contributed by atoms with van der Waals surface area (Å²) in [6, 6.07) is 4.86. The van der Waals surface area contributed by atoms with E-state index >= 15 is 0 Å². The van der Waals surface area contributed by atoms with Gasteiger partial charge in [-0.1, -0.05) is 0 Å². The Kier molecular flexibility index (Phi) is 5.87. The van der Waals surface area contributed by atoms with E-state index in [-0.39, 0.29) is 24.8 Å². The Bertz CT molecular complexity index is 837. The fourth-order valence-corrected chi connectivity index (χ4v) is 3.72. The highest BCUT2D eigenvalue weighted by atomic mass is 32.1. The molecule has 1 aliphatic rings. The summed E-state index contributed by atoms with van der Waals surface area (Å²) in [6.07, 6.45) is 4.43. The van der Waals surface area contributed by atoms with Gasteiger partial charge >= 0.3 is 0 Å². The Morgan fingerprint density at radius 1 is 1.00 bits per heavy atom. The normalized spacial score (nSPS) is 12.1. The van der Waals surface area contributed by atoms with Crippen LogP contribution in [0, 0.1) is 0 Å². The van der Waals surface area contributed by atoms with Crippen molar-refractivity contribution in [2.75, 3.05) is 13.1 Å². The molecule has 3 rings (SSSR count). The number of fused-ring (bicyclic) bond motifs is 1. The van der Waals surface area contributed by atoms with Gasteiger partial charge in [-0.3, -0.25) is 30.0 Å². The second-order valence-electron chi connectivity index (χ2n) is 5.85. The molecular formula is C17H18N4O5S. The lowest BCUT2D eigenvalue weighted by atomic mass is 10.2. The number of aryl methyl sites for hydroxylation is 2. The van der Waals surface area contributed by atoms with Crippen LogP contribution in [0.5, 0.6) is 0 Å². The van der Waals surface area contributed by atoms with Gasteiger partial charge in [-0.05, 0) is 43.0 Å². The fraction of sp³-hybridized carbons (Fsp3) is 0.294. The third-order valence-electron chi connectivity index (χ3n) is 3.89. The first-order chi connectivity index (χ1) is 13.0. The van der Waals surface area contributed by atoms with Crippen molar-refractivity contribution in [3.05, 3.63) is 45.5 Å². The molecule has 2 aromatic rings. The standard InChI is InChI=1S/C17H18N4O5S/c22-14(8-19-16(24)11-4-2-6-26-11)18-9-15(23)20-21-17(25)13-7-10-3-1-5-12(10)27-13/h2,4,6-7H,1,3,5,8-9H2,(H,18,22)(H,19,24)(H,20,23)(H,21,25). The highest BCUT2D eigenvalue weighted by molar-refractivity contribution is 7.14. The van der Waals surface area contributed by atoms with E-state index in [0.29, 0.717) is 4.88 Å². The summed E-state index contributed by atoms with van der Waals surface area (Å²) in [7, 11) is 0. The number of rotatable bonds is 6. The predicted octanol–water partition coefficient (Wildman–Crippen LogP) is 0.137. The number of amides is 4. The minimum absolute atomic E-state index is 0.0859. The van der Waals surface area contributed by atoms with Crippen LogP contribution in [0.3, 0.4) is 0 Å². The summed E-state index contributed by atoms with van der Waals surface area (Å²) in [5, 5.41) is 4.69. The van der Waals surface area contributed by atoms with Gasteiger partial charge < -0.3 is 15.1 Å². The zero-order valence-corrected chi connectivity index (χ0v) is 15.1. The van der Waals surface area contributed by atoms with Gasteiger partial charge in [0.2, 0.25) is 5.91 Å². The van der Waals surface area contributed by atoms with Crippen LogP contribution in [0.25, 0.3) is 0 Å². The van der Waals surface area contributed by atoms with Gasteiger partial charge in [0.1, 0.15) is 0 Å². The maximum atomic E-state index is 12.0. The zero-order valence-electron chi connectivity index (χ0n) is 14.3. The van der Waals surface area contributed by atoms with Crippen molar-refractivity contribution in [1.82, 2.24) is 21.5 Å². The van der Waals surface area contributed by atoms with Gasteiger partial charge in [-0.25, -0.2) is 0 Å². The molecule has 0 aromatic carbocycles. The summed E-state index contributed by atoms with van der Waals surface area (Å²) >= 11 is 1.43. The maximum Gasteiger partial charge on any atom is 0.287 e. The van der Waals surface area contributed by atoms with Crippen LogP contribution in [-0.2, 0) is 22.4 Å². The number of thiophene rings is 1. The minimum Gasteiger partial charge on any atom is -0.459 e. The minimum atomic E-state index is -0.585. The SMILES string of the molecule is O=C(CNC(=O)c1ccco1)NCC(=O)NNC(=O)c1cc2c(s1)CCC2. The van der Waals surface area contributed by atoms with Crippen LogP contribution in [0.2, 0.25) is 0 Å². The van der Waals surface area contributed by atoms with Gasteiger partial charge in [0.25, 0.3) is 17.7 Å². The summed E-state index contributed by atoms with van der Waals surface area (Å²) in [5.41, 5.74) is 5.75. The zero-order chi connectivity index (χ0) is 19.2. The lowest BCUT2D eigenvalue weighted by Gasteiger charge is -2.08. The average Bonchev–Trinajstić information content (AvgIpc) is 3.39. The van der Waals surface area contributed by atoms with Crippen LogP contribution < -0.4 is 21.5 Å². The molecule has 0 bridgehead atoms. The molecule has 0 fully saturated rings. The highest BCUT2D eigenvalue weighted by Crippen LogP contribution is 2.30. The summed E-state index contributed by atoms with van der Waals surface area (Å²) in [4.78, 5) is 48.7. The molecule has 2 aromatic heterocycles. The van der Waals surface area contributed by atoms with E-state index < -0.39 is 17.7 Å². The number of hydrogen-bond donors (Lipinski definition) is 4. The van der Waals surface area contributed by atoms with Crippen molar-refractivity contribution < 1.29 is 23.6 Å². The van der Waals surface area contributed by atoms with Crippen LogP contribution in [0.15, 0.2) is 28.9 Å². The molecule has 0 unspecified atom stereocenters. The molecule has 1 aliphatic carbocycles. The molecule has 27 heavy (non-hydrogen) atoms. The number of furan rings is 1. The Hall–Kier alpha value is -3.14. The summed E-state index contributed by atoms with van der Waals surface area (Å²) in [5.74, 6) is -1.97. The molecule has 4 N–H and O–H groups in total. The van der Waals surface area contributed by atoms with Gasteiger partial charge in [-0.15, -0.1) is 11.3 Å². The largest absolute Gasteiger partial charge is 0.459 e. The molecule has 0 aliphatic heterocycles. The first-order valence-electron chi connectivity index (χ1n) is 8.32. The molecule has 4 amide bonds. The van der Waals surface area contributed by atoms with Gasteiger partial charge in [0, 0.05) is 4.88 Å². The van der Waals surface area contributed by atoms with Crippen molar-refractivity contribution in [2.45, 2.75) is 19.3 Å². The fourth-order valence-electron chi connectivity index (χ4n) is 2.57. The molecule has 2 heterocycles. The van der Waals surface area contributed by atoms with Crippen molar-refractivity contribution in [3.63, 3.8) is 0 Å². The molecule has 0 saturated heterocycles. The van der Waals surface area contributed by atoms with Crippen LogP contribution in [0.4, 0.5) is 0 Å². The molecule has 10 heteroatoms. The number of carbonyl (C=O) groups excluding carboxylic acids is 4. The lowest BCUT2D eigenvalue weighted by Crippen LogP contribution is -2.47. The first kappa shape index (κ1) is 18.6. The van der Waals surface area contributed by atoms with Gasteiger partial charge in [0.05, 0.1) is 24.2 Å². The first-order valence-corrected chi connectivity index (χ1v) is 9.14. The number of nitrogens with one attached hydrogen (secondary N) is 4. The molecule has 142 valence electrons. The Balaban J connectivity index is 1.33. The summed E-state index contributed by atoms with van der Waals surface area (Å²) in [6.45, 7) is -0.642. The van der Waals surface area contributed by atoms with Crippen LogP contribution in [-0.4, -0.2) is 36.7 Å². The Labute approximate surface area is 158 Å². The number of hydrazine groups is 1. The van der Waals surface area contributed by atoms with Crippen molar-refractivity contribution in [2.24, 2.45) is 0 Å². The van der Waals surface area contributed by atoms with Crippen LogP contribution >= 0.6 is 11.3 Å². The predicted molar refractivity (Wildman–Crippen MR) is 96.0 cm³/mol. The number of hydrogen-bond acceptors (Lipinski definition) is 6. The third-order valence-corrected chi connectivity index (χ3v) is 5.12. The van der Waals surface area contributed by atoms with Gasteiger partial charge in [0.15, 0.2) is 5.76 Å². The Morgan fingerprint density at radius 3 is 2.56 bits per heavy atom. The van der Waals surface area contributed by atoms with E-state index in [0.717, 1.165) is 19.3 Å². The molecule has 0 saturated carbocycles. The molecule has 0 atom stereocenters. The van der Waals surface area contributed by atoms with Crippen molar-refractivity contribution in [3.8, 4) is 0 Å². The second kappa shape index (κ2) is 8.49. The molecule has 0 spiro atoms. The van der Waals surface area contributed by atoms with Crippen LogP contribution in [0.1, 0.15) is 37.1 Å². The van der Waals surface area contributed by atoms with E-state index in [1.54, 1.807) is 6.07 Å². The van der Waals surface area contributed by atoms with Crippen molar-refractivity contribution in [1.29, 1.82) is 0 Å². The third kappa shape index (κ3) is 4.94. The lowest BCUT2D eigenvalue weighted by molar-refractivity contribution is -0.125. The molecular weight excluding hydrogens is 372 g/mol. The van der Waals surface area contributed by atoms with Crippen molar-refractivity contribution >= 4 is 35.0 Å². The quantitative estimate of drug-likeness (QED) is 0.521. The average molecular weight is 390 g/mol. The van der Waals surface area contributed by atoms with E-state index in [9.17, 15) is 19.2 Å². The van der Waals surface area contributed by atoms with Gasteiger partial charge in [-0.2, -0.15) is 0 Å². The molecule has 9 nitrogen and oxygen atoms in total. The monoisotopic (exact) mass is 390 g/mol. The highest BCUT2D eigenvalue weighted by Gasteiger charge is 2.18. The summed E-state index contributed by atoms with van der Waals surface area (Å²) < 4.78 is 4.89.